The molecule has 0 fully saturated rings. The molecule has 0 amide bonds. The number of nitrogens with zero attached hydrogens (tertiary/aromatic N) is 2. The van der Waals surface area contributed by atoms with Gasteiger partial charge in [0.2, 0.25) is 0 Å². The minimum Gasteiger partial charge on any atom is -0.488 e. The SMILES string of the molecule is Cc1c(OCCO[Si](C)(C)C(C)(C)C)c(Cl)nc2cccnc12. The first kappa shape index (κ1) is 18.2. The van der Waals surface area contributed by atoms with Crippen LogP contribution in [0.3, 0.4) is 0 Å². The largest absolute Gasteiger partial charge is 0.488 e. The van der Waals surface area contributed by atoms with Gasteiger partial charge >= 0.3 is 0 Å². The summed E-state index contributed by atoms with van der Waals surface area (Å²) in [5.74, 6) is 0.594. The van der Waals surface area contributed by atoms with Crippen LogP contribution in [-0.2, 0) is 4.43 Å². The van der Waals surface area contributed by atoms with Crippen LogP contribution in [0.4, 0.5) is 0 Å². The molecule has 4 nitrogen and oxygen atoms in total. The number of pyridine rings is 2. The minimum atomic E-state index is -1.75. The van der Waals surface area contributed by atoms with Gasteiger partial charge in [0.05, 0.1) is 17.6 Å². The van der Waals surface area contributed by atoms with E-state index in [1.807, 2.05) is 19.1 Å². The van der Waals surface area contributed by atoms with E-state index in [2.05, 4.69) is 43.8 Å². The number of hydrogen-bond acceptors (Lipinski definition) is 4. The van der Waals surface area contributed by atoms with Gasteiger partial charge in [0.25, 0.3) is 0 Å². The lowest BCUT2D eigenvalue weighted by atomic mass is 10.2. The molecule has 0 aromatic carbocycles. The van der Waals surface area contributed by atoms with Crippen LogP contribution in [-0.4, -0.2) is 31.5 Å². The van der Waals surface area contributed by atoms with Gasteiger partial charge in [-0.15, -0.1) is 0 Å². The van der Waals surface area contributed by atoms with Crippen LogP contribution in [0.2, 0.25) is 23.3 Å². The van der Waals surface area contributed by atoms with Crippen LogP contribution < -0.4 is 4.74 Å². The fraction of sp³-hybridized carbons (Fsp3) is 0.529. The summed E-state index contributed by atoms with van der Waals surface area (Å²) < 4.78 is 12.0. The Hall–Kier alpha value is -1.17. The van der Waals surface area contributed by atoms with Crippen molar-refractivity contribution in [2.75, 3.05) is 13.2 Å². The molecule has 0 saturated carbocycles. The monoisotopic (exact) mass is 352 g/mol. The van der Waals surface area contributed by atoms with Crippen LogP contribution in [0.1, 0.15) is 26.3 Å². The number of halogens is 1. The van der Waals surface area contributed by atoms with Crippen molar-refractivity contribution in [3.8, 4) is 5.75 Å². The summed E-state index contributed by atoms with van der Waals surface area (Å²) >= 11 is 6.25. The number of rotatable bonds is 5. The fourth-order valence-corrected chi connectivity index (χ4v) is 3.33. The van der Waals surface area contributed by atoms with Gasteiger partial charge in [-0.05, 0) is 37.2 Å². The molecule has 0 saturated heterocycles. The van der Waals surface area contributed by atoms with Gasteiger partial charge in [-0.1, -0.05) is 32.4 Å². The molecule has 0 aliphatic heterocycles. The topological polar surface area (TPSA) is 44.2 Å². The lowest BCUT2D eigenvalue weighted by Crippen LogP contribution is -2.41. The van der Waals surface area contributed by atoms with Crippen molar-refractivity contribution in [3.63, 3.8) is 0 Å². The molecule has 2 rings (SSSR count). The standard InChI is InChI=1S/C17H25ClN2O2Si/c1-12-14-13(8-7-9-19-14)20-16(18)15(12)21-10-11-22-23(5,6)17(2,3)4/h7-9H,10-11H2,1-6H3. The molecule has 0 radical (unpaired) electrons. The summed E-state index contributed by atoms with van der Waals surface area (Å²) in [6, 6.07) is 3.74. The molecule has 2 aromatic heterocycles. The number of aromatic nitrogens is 2. The van der Waals surface area contributed by atoms with E-state index in [-0.39, 0.29) is 5.04 Å². The molecule has 0 spiro atoms. The van der Waals surface area contributed by atoms with Crippen molar-refractivity contribution in [2.24, 2.45) is 0 Å². The number of hydrogen-bond donors (Lipinski definition) is 0. The Bertz CT molecular complexity index is 699. The maximum Gasteiger partial charge on any atom is 0.192 e. The van der Waals surface area contributed by atoms with Crippen molar-refractivity contribution < 1.29 is 9.16 Å². The molecular formula is C17H25ClN2O2Si. The van der Waals surface area contributed by atoms with Crippen molar-refractivity contribution in [1.82, 2.24) is 9.97 Å². The van der Waals surface area contributed by atoms with Crippen LogP contribution in [0.25, 0.3) is 11.0 Å². The lowest BCUT2D eigenvalue weighted by Gasteiger charge is -2.36. The first-order chi connectivity index (χ1) is 10.6. The maximum atomic E-state index is 6.25. The molecule has 126 valence electrons. The molecule has 0 aliphatic carbocycles. The van der Waals surface area contributed by atoms with Crippen LogP contribution in [0, 0.1) is 6.92 Å². The maximum absolute atomic E-state index is 6.25. The second kappa shape index (κ2) is 6.75. The van der Waals surface area contributed by atoms with E-state index in [9.17, 15) is 0 Å². The van der Waals surface area contributed by atoms with Crippen molar-refractivity contribution in [2.45, 2.75) is 45.8 Å². The summed E-state index contributed by atoms with van der Waals surface area (Å²) in [7, 11) is -1.75. The average molecular weight is 353 g/mol. The third-order valence-electron chi connectivity index (χ3n) is 4.49. The van der Waals surface area contributed by atoms with Crippen molar-refractivity contribution >= 4 is 31.0 Å². The van der Waals surface area contributed by atoms with Gasteiger partial charge in [-0.2, -0.15) is 0 Å². The molecule has 0 aliphatic rings. The first-order valence-corrected chi connectivity index (χ1v) is 11.1. The Morgan fingerprint density at radius 2 is 1.91 bits per heavy atom. The highest BCUT2D eigenvalue weighted by Gasteiger charge is 2.36. The van der Waals surface area contributed by atoms with E-state index in [1.54, 1.807) is 6.20 Å². The van der Waals surface area contributed by atoms with Gasteiger partial charge < -0.3 is 9.16 Å². The van der Waals surface area contributed by atoms with Crippen LogP contribution in [0.15, 0.2) is 18.3 Å². The molecule has 0 atom stereocenters. The van der Waals surface area contributed by atoms with Gasteiger partial charge in [0.15, 0.2) is 19.2 Å². The average Bonchev–Trinajstić information content (AvgIpc) is 2.45. The Balaban J connectivity index is 2.06. The minimum absolute atomic E-state index is 0.189. The Morgan fingerprint density at radius 3 is 2.57 bits per heavy atom. The fourth-order valence-electron chi connectivity index (χ4n) is 2.02. The predicted molar refractivity (Wildman–Crippen MR) is 97.9 cm³/mol. The third-order valence-corrected chi connectivity index (χ3v) is 9.28. The second-order valence-electron chi connectivity index (χ2n) is 7.19. The zero-order valence-electron chi connectivity index (χ0n) is 14.7. The molecule has 23 heavy (non-hydrogen) atoms. The Morgan fingerprint density at radius 1 is 1.22 bits per heavy atom. The first-order valence-electron chi connectivity index (χ1n) is 7.81. The van der Waals surface area contributed by atoms with Gasteiger partial charge in [0.1, 0.15) is 6.61 Å². The molecule has 0 N–H and O–H groups in total. The molecule has 2 aromatic rings. The van der Waals surface area contributed by atoms with Crippen LogP contribution in [0.5, 0.6) is 5.75 Å². The quantitative estimate of drug-likeness (QED) is 0.432. The molecular weight excluding hydrogens is 328 g/mol. The summed E-state index contributed by atoms with van der Waals surface area (Å²) in [6.07, 6.45) is 1.75. The van der Waals surface area contributed by atoms with Gasteiger partial charge in [-0.25, -0.2) is 4.98 Å². The summed E-state index contributed by atoms with van der Waals surface area (Å²) in [6.45, 7) is 14.1. The molecule has 0 bridgehead atoms. The molecule has 6 heteroatoms. The normalized spacial score (nSPS) is 12.7. The zero-order valence-corrected chi connectivity index (χ0v) is 16.5. The van der Waals surface area contributed by atoms with Crippen LogP contribution >= 0.6 is 11.6 Å². The molecule has 0 unspecified atom stereocenters. The predicted octanol–water partition coefficient (Wildman–Crippen LogP) is 4.99. The Kier molecular flexibility index (Phi) is 5.33. The van der Waals surface area contributed by atoms with E-state index in [0.29, 0.717) is 24.1 Å². The number of ether oxygens (including phenoxy) is 1. The Labute approximate surface area is 144 Å². The number of aryl methyl sites for hydroxylation is 1. The highest BCUT2D eigenvalue weighted by Crippen LogP contribution is 2.36. The zero-order chi connectivity index (χ0) is 17.3. The smallest absolute Gasteiger partial charge is 0.192 e. The van der Waals surface area contributed by atoms with E-state index in [0.717, 1.165) is 16.6 Å². The van der Waals surface area contributed by atoms with Crippen molar-refractivity contribution in [1.29, 1.82) is 0 Å². The van der Waals surface area contributed by atoms with E-state index in [1.165, 1.54) is 0 Å². The van der Waals surface area contributed by atoms with E-state index >= 15 is 0 Å². The highest BCUT2D eigenvalue weighted by atomic mass is 35.5. The third kappa shape index (κ3) is 4.02. The van der Waals surface area contributed by atoms with Gasteiger partial charge in [0, 0.05) is 11.8 Å². The summed E-state index contributed by atoms with van der Waals surface area (Å²) in [5, 5.41) is 0.560. The van der Waals surface area contributed by atoms with Crippen molar-refractivity contribution in [3.05, 3.63) is 29.0 Å². The highest BCUT2D eigenvalue weighted by molar-refractivity contribution is 6.74. The van der Waals surface area contributed by atoms with E-state index < -0.39 is 8.32 Å². The summed E-state index contributed by atoms with van der Waals surface area (Å²) in [4.78, 5) is 8.71. The summed E-state index contributed by atoms with van der Waals surface area (Å²) in [5.41, 5.74) is 2.50. The lowest BCUT2D eigenvalue weighted by molar-refractivity contribution is 0.202. The molecule has 2 heterocycles. The second-order valence-corrected chi connectivity index (χ2v) is 12.4. The van der Waals surface area contributed by atoms with E-state index in [4.69, 9.17) is 20.8 Å². The number of fused-ring (bicyclic) bond motifs is 1. The van der Waals surface area contributed by atoms with Gasteiger partial charge in [-0.3, -0.25) is 4.98 Å².